The fourth-order valence-electron chi connectivity index (χ4n) is 10.6. The number of aliphatic hydroxyl groups excluding tert-OH is 1. The van der Waals surface area contributed by atoms with E-state index in [1.165, 1.54) is 154 Å². The average molecular weight is 1310 g/mol. The van der Waals surface area contributed by atoms with E-state index in [2.05, 4.69) is 41.5 Å². The molecule has 17 nitrogen and oxygen atoms in total. The van der Waals surface area contributed by atoms with Gasteiger partial charge in [-0.15, -0.1) is 0 Å². The van der Waals surface area contributed by atoms with E-state index in [9.17, 15) is 43.2 Å². The summed E-state index contributed by atoms with van der Waals surface area (Å²) in [5, 5.41) is 10.6. The van der Waals surface area contributed by atoms with Crippen molar-refractivity contribution in [3.63, 3.8) is 0 Å². The van der Waals surface area contributed by atoms with Gasteiger partial charge < -0.3 is 33.8 Å². The molecule has 0 aromatic carbocycles. The summed E-state index contributed by atoms with van der Waals surface area (Å²) < 4.78 is 68.1. The van der Waals surface area contributed by atoms with Gasteiger partial charge in [0.2, 0.25) is 0 Å². The summed E-state index contributed by atoms with van der Waals surface area (Å²) in [4.78, 5) is 72.3. The van der Waals surface area contributed by atoms with Crippen molar-refractivity contribution in [1.82, 2.24) is 0 Å². The van der Waals surface area contributed by atoms with Crippen LogP contribution >= 0.6 is 15.6 Å². The summed E-state index contributed by atoms with van der Waals surface area (Å²) in [6, 6.07) is 0. The molecule has 0 radical (unpaired) electrons. The highest BCUT2D eigenvalue weighted by atomic mass is 31.2. The first-order valence-corrected chi connectivity index (χ1v) is 39.5. The molecule has 2 unspecified atom stereocenters. The lowest BCUT2D eigenvalue weighted by Crippen LogP contribution is -2.30. The molecule has 0 saturated heterocycles. The lowest BCUT2D eigenvalue weighted by molar-refractivity contribution is -0.161. The number of carbonyl (C=O) groups excluding carboxylic acids is 4. The van der Waals surface area contributed by atoms with E-state index >= 15 is 0 Å². The Bertz CT molecular complexity index is 1730. The minimum atomic E-state index is -4.95. The van der Waals surface area contributed by atoms with Crippen LogP contribution in [0.1, 0.15) is 356 Å². The second-order valence-electron chi connectivity index (χ2n) is 26.2. The molecule has 5 atom stereocenters. The number of phosphoric ester groups is 2. The van der Waals surface area contributed by atoms with E-state index in [0.29, 0.717) is 25.7 Å². The Morgan fingerprint density at radius 2 is 0.517 bits per heavy atom. The predicted octanol–water partition coefficient (Wildman–Crippen LogP) is 20.0. The molecule has 0 spiro atoms. The van der Waals surface area contributed by atoms with Gasteiger partial charge in [-0.1, -0.05) is 305 Å². The van der Waals surface area contributed by atoms with E-state index in [4.69, 9.17) is 37.0 Å². The molecular weight excluding hydrogens is 1170 g/mol. The highest BCUT2D eigenvalue weighted by Crippen LogP contribution is 2.45. The van der Waals surface area contributed by atoms with Crippen LogP contribution in [0.15, 0.2) is 0 Å². The molecule has 0 fully saturated rings. The van der Waals surface area contributed by atoms with Crippen molar-refractivity contribution in [2.75, 3.05) is 39.6 Å². The zero-order chi connectivity index (χ0) is 65.7. The van der Waals surface area contributed by atoms with Crippen molar-refractivity contribution in [3.8, 4) is 0 Å². The van der Waals surface area contributed by atoms with Gasteiger partial charge in [0.05, 0.1) is 26.4 Å². The maximum atomic E-state index is 13.0. The molecule has 0 aromatic heterocycles. The first kappa shape index (κ1) is 87.1. The average Bonchev–Trinajstić information content (AvgIpc) is 3.71. The van der Waals surface area contributed by atoms with Crippen LogP contribution in [0.4, 0.5) is 0 Å². The van der Waals surface area contributed by atoms with E-state index in [1.54, 1.807) is 0 Å². The van der Waals surface area contributed by atoms with E-state index in [1.807, 2.05) is 0 Å². The van der Waals surface area contributed by atoms with Gasteiger partial charge >= 0.3 is 39.5 Å². The smallest absolute Gasteiger partial charge is 0.462 e. The summed E-state index contributed by atoms with van der Waals surface area (Å²) >= 11 is 0. The summed E-state index contributed by atoms with van der Waals surface area (Å²) in [6.45, 7) is 9.50. The minimum absolute atomic E-state index is 0.104. The standard InChI is InChI=1S/C70H136O17P2/c1-7-9-11-13-15-35-42-48-54-69(74)86-65(58-80-67(72)52-46-40-32-14-12-10-8-2)60-84-88(76,77)82-56-64(71)57-83-89(78,79)85-61-66(59-81-68(73)53-47-41-36-30-27-26-29-34-39-45-51-63(5)6)87-70(75)55-49-43-37-31-25-23-21-19-17-16-18-20-22-24-28-33-38-44-50-62(3)4/h62-66,71H,7-61H2,1-6H3,(H,76,77)(H,78,79)/t64-,65+,66+/m0/s1. The van der Waals surface area contributed by atoms with Crippen molar-refractivity contribution in [1.29, 1.82) is 0 Å². The second-order valence-corrected chi connectivity index (χ2v) is 29.1. The minimum Gasteiger partial charge on any atom is -0.462 e. The number of esters is 4. The lowest BCUT2D eigenvalue weighted by atomic mass is 10.0. The molecule has 0 aliphatic carbocycles. The number of hydrogen-bond acceptors (Lipinski definition) is 15. The fraction of sp³-hybridized carbons (Fsp3) is 0.943. The Morgan fingerprint density at radius 1 is 0.303 bits per heavy atom. The van der Waals surface area contributed by atoms with Gasteiger partial charge in [-0.2, -0.15) is 0 Å². The maximum absolute atomic E-state index is 13.0. The third-order valence-electron chi connectivity index (χ3n) is 16.2. The molecule has 89 heavy (non-hydrogen) atoms. The van der Waals surface area contributed by atoms with Gasteiger partial charge in [-0.25, -0.2) is 9.13 Å². The van der Waals surface area contributed by atoms with Crippen molar-refractivity contribution < 1.29 is 80.2 Å². The zero-order valence-corrected chi connectivity index (χ0v) is 59.5. The largest absolute Gasteiger partial charge is 0.472 e. The maximum Gasteiger partial charge on any atom is 0.472 e. The number of aliphatic hydroxyl groups is 1. The Balaban J connectivity index is 5.12. The molecule has 0 bridgehead atoms. The van der Waals surface area contributed by atoms with Gasteiger partial charge in [0.25, 0.3) is 0 Å². The highest BCUT2D eigenvalue weighted by molar-refractivity contribution is 7.47. The van der Waals surface area contributed by atoms with E-state index in [-0.39, 0.29) is 25.7 Å². The van der Waals surface area contributed by atoms with Gasteiger partial charge in [0.15, 0.2) is 12.2 Å². The summed E-state index contributed by atoms with van der Waals surface area (Å²) in [7, 11) is -9.89. The van der Waals surface area contributed by atoms with Crippen LogP contribution in [0.25, 0.3) is 0 Å². The molecule has 19 heteroatoms. The summed E-state index contributed by atoms with van der Waals surface area (Å²) in [5.74, 6) is -0.553. The zero-order valence-electron chi connectivity index (χ0n) is 57.7. The number of ether oxygens (including phenoxy) is 4. The number of phosphoric acid groups is 2. The number of carbonyl (C=O) groups is 4. The van der Waals surface area contributed by atoms with Crippen molar-refractivity contribution in [3.05, 3.63) is 0 Å². The molecule has 0 aliphatic heterocycles. The van der Waals surface area contributed by atoms with Gasteiger partial charge in [-0.3, -0.25) is 37.3 Å². The molecule has 0 rings (SSSR count). The topological polar surface area (TPSA) is 237 Å². The Kier molecular flexibility index (Phi) is 60.8. The Hall–Kier alpha value is -1.94. The molecule has 0 aliphatic rings. The summed E-state index contributed by atoms with van der Waals surface area (Å²) in [5.41, 5.74) is 0. The molecule has 528 valence electrons. The summed E-state index contributed by atoms with van der Waals surface area (Å²) in [6.07, 6.45) is 47.5. The van der Waals surface area contributed by atoms with Crippen LogP contribution in [0.2, 0.25) is 0 Å². The van der Waals surface area contributed by atoms with E-state index < -0.39 is 97.5 Å². The lowest BCUT2D eigenvalue weighted by Gasteiger charge is -2.21. The third kappa shape index (κ3) is 64.6. The SMILES string of the molecule is CCCCCCCCCCC(=O)O[C@H](COC(=O)CCCCCCCCC)COP(=O)(O)OC[C@H](O)COP(=O)(O)OC[C@@H](COC(=O)CCCCCCCCCCCCC(C)C)OC(=O)CCCCCCCCCCCCCCCCCCCCC(C)C. The first-order valence-electron chi connectivity index (χ1n) is 36.5. The van der Waals surface area contributed by atoms with Crippen molar-refractivity contribution >= 4 is 39.5 Å². The first-order chi connectivity index (χ1) is 42.9. The number of rotatable bonds is 69. The van der Waals surface area contributed by atoms with Crippen molar-refractivity contribution in [2.45, 2.75) is 374 Å². The molecule has 0 amide bonds. The van der Waals surface area contributed by atoms with Gasteiger partial charge in [0, 0.05) is 25.7 Å². The monoisotopic (exact) mass is 1310 g/mol. The van der Waals surface area contributed by atoms with Gasteiger partial charge in [0.1, 0.15) is 19.3 Å². The fourth-order valence-corrected chi connectivity index (χ4v) is 12.2. The van der Waals surface area contributed by atoms with E-state index in [0.717, 1.165) is 121 Å². The highest BCUT2D eigenvalue weighted by Gasteiger charge is 2.30. The Morgan fingerprint density at radius 3 is 0.764 bits per heavy atom. The molecule has 0 heterocycles. The van der Waals surface area contributed by atoms with Crippen LogP contribution in [-0.2, 0) is 65.4 Å². The molecule has 0 aromatic rings. The molecule has 0 saturated carbocycles. The van der Waals surface area contributed by atoms with Crippen LogP contribution in [0.3, 0.4) is 0 Å². The number of hydrogen-bond donors (Lipinski definition) is 3. The van der Waals surface area contributed by atoms with Gasteiger partial charge in [-0.05, 0) is 37.5 Å². The van der Waals surface area contributed by atoms with Crippen LogP contribution in [-0.4, -0.2) is 96.7 Å². The molecule has 3 N–H and O–H groups in total. The second kappa shape index (κ2) is 62.2. The quantitative estimate of drug-likeness (QED) is 0.0222. The molecular formula is C70H136O17P2. The number of unbranched alkanes of at least 4 members (excludes halogenated alkanes) is 39. The normalized spacial score (nSPS) is 14.1. The Labute approximate surface area is 543 Å². The predicted molar refractivity (Wildman–Crippen MR) is 358 cm³/mol. The van der Waals surface area contributed by atoms with Crippen molar-refractivity contribution in [2.24, 2.45) is 11.8 Å². The third-order valence-corrected chi connectivity index (χ3v) is 18.1. The van der Waals surface area contributed by atoms with Crippen LogP contribution < -0.4 is 0 Å². The van der Waals surface area contributed by atoms with Crippen LogP contribution in [0, 0.1) is 11.8 Å². The van der Waals surface area contributed by atoms with Crippen LogP contribution in [0.5, 0.6) is 0 Å².